The summed E-state index contributed by atoms with van der Waals surface area (Å²) in [6.07, 6.45) is 0.669. The van der Waals surface area contributed by atoms with Gasteiger partial charge in [0, 0.05) is 24.7 Å². The Kier molecular flexibility index (Phi) is 9.27. The molecule has 1 amide bonds. The molecule has 0 spiro atoms. The van der Waals surface area contributed by atoms with Crippen molar-refractivity contribution in [3.05, 3.63) is 63.7 Å². The fourth-order valence-corrected chi connectivity index (χ4v) is 3.17. The third-order valence-corrected chi connectivity index (χ3v) is 4.96. The summed E-state index contributed by atoms with van der Waals surface area (Å²) in [7, 11) is 1.82. The maximum absolute atomic E-state index is 12.4. The third-order valence-electron chi connectivity index (χ3n) is 4.96. The van der Waals surface area contributed by atoms with Gasteiger partial charge in [0.15, 0.2) is 11.5 Å². The molecule has 2 aromatic rings. The Morgan fingerprint density at radius 3 is 2.52 bits per heavy atom. The van der Waals surface area contributed by atoms with Crippen molar-refractivity contribution in [3.63, 3.8) is 0 Å². The minimum absolute atomic E-state index is 0.0454. The van der Waals surface area contributed by atoms with Gasteiger partial charge in [0.05, 0.1) is 24.7 Å². The van der Waals surface area contributed by atoms with E-state index in [4.69, 9.17) is 9.47 Å². The van der Waals surface area contributed by atoms with Crippen molar-refractivity contribution in [2.24, 2.45) is 0 Å². The highest BCUT2D eigenvalue weighted by molar-refractivity contribution is 5.78. The number of likely N-dealkylation sites (N-methyl/N-ethyl adjacent to an activating group) is 1. The zero-order valence-electron chi connectivity index (χ0n) is 18.6. The van der Waals surface area contributed by atoms with Crippen LogP contribution in [-0.2, 0) is 11.2 Å². The molecule has 0 heterocycles. The quantitative estimate of drug-likeness (QED) is 0.408. The molecule has 0 aliphatic rings. The highest BCUT2D eigenvalue weighted by Crippen LogP contribution is 2.28. The number of hydrogen-bond acceptors (Lipinski definition) is 6. The van der Waals surface area contributed by atoms with Crippen LogP contribution in [0.5, 0.6) is 11.5 Å². The Labute approximate surface area is 183 Å². The molecular weight excluding hydrogens is 398 g/mol. The van der Waals surface area contributed by atoms with Gasteiger partial charge in [-0.15, -0.1) is 0 Å². The smallest absolute Gasteiger partial charge is 0.269 e. The second-order valence-corrected chi connectivity index (χ2v) is 7.19. The van der Waals surface area contributed by atoms with E-state index >= 15 is 0 Å². The molecule has 8 heteroatoms. The van der Waals surface area contributed by atoms with Crippen molar-refractivity contribution in [2.45, 2.75) is 33.2 Å². The lowest BCUT2D eigenvalue weighted by Gasteiger charge is -2.24. The first kappa shape index (κ1) is 24.1. The van der Waals surface area contributed by atoms with Crippen LogP contribution < -0.4 is 14.8 Å². The van der Waals surface area contributed by atoms with Crippen molar-refractivity contribution in [3.8, 4) is 11.5 Å². The van der Waals surface area contributed by atoms with E-state index in [1.165, 1.54) is 6.07 Å². The first-order chi connectivity index (χ1) is 14.8. The van der Waals surface area contributed by atoms with Crippen molar-refractivity contribution >= 4 is 11.6 Å². The lowest BCUT2D eigenvalue weighted by atomic mass is 10.1. The van der Waals surface area contributed by atoms with E-state index in [2.05, 4.69) is 5.32 Å². The SMILES string of the molecule is CCOc1ccc(CCNC(=O)CN(C)C(C)c2cccc([N+](=O)[O-])c2)cc1OCC. The molecule has 2 aromatic carbocycles. The van der Waals surface area contributed by atoms with Gasteiger partial charge in [-0.1, -0.05) is 18.2 Å². The molecule has 1 N–H and O–H groups in total. The molecule has 8 nitrogen and oxygen atoms in total. The van der Waals surface area contributed by atoms with Crippen molar-refractivity contribution in [2.75, 3.05) is 33.4 Å². The number of benzene rings is 2. The monoisotopic (exact) mass is 429 g/mol. The molecule has 0 radical (unpaired) electrons. The summed E-state index contributed by atoms with van der Waals surface area (Å²) < 4.78 is 11.2. The standard InChI is InChI=1S/C23H31N3O5/c1-5-30-21-11-10-18(14-22(21)31-6-2)12-13-24-23(27)16-25(4)17(3)19-8-7-9-20(15-19)26(28)29/h7-11,14-15,17H,5-6,12-13,16H2,1-4H3,(H,24,27). The molecule has 168 valence electrons. The number of nitro groups is 1. The fourth-order valence-electron chi connectivity index (χ4n) is 3.17. The number of non-ortho nitro benzene ring substituents is 1. The Balaban J connectivity index is 1.87. The molecule has 1 unspecified atom stereocenters. The zero-order valence-corrected chi connectivity index (χ0v) is 18.6. The molecule has 0 fully saturated rings. The van der Waals surface area contributed by atoms with Gasteiger partial charge in [0.25, 0.3) is 5.69 Å². The molecule has 0 aliphatic carbocycles. The highest BCUT2D eigenvalue weighted by atomic mass is 16.6. The Morgan fingerprint density at radius 1 is 1.13 bits per heavy atom. The number of nitrogens with zero attached hydrogens (tertiary/aromatic N) is 2. The second kappa shape index (κ2) is 11.9. The van der Waals surface area contributed by atoms with Gasteiger partial charge in [-0.2, -0.15) is 0 Å². The first-order valence-corrected chi connectivity index (χ1v) is 10.5. The number of rotatable bonds is 12. The predicted molar refractivity (Wildman–Crippen MR) is 120 cm³/mol. The highest BCUT2D eigenvalue weighted by Gasteiger charge is 2.17. The lowest BCUT2D eigenvalue weighted by molar-refractivity contribution is -0.384. The van der Waals surface area contributed by atoms with Gasteiger partial charge in [-0.3, -0.25) is 19.8 Å². The summed E-state index contributed by atoms with van der Waals surface area (Å²) in [6.45, 7) is 7.58. The first-order valence-electron chi connectivity index (χ1n) is 10.5. The molecular formula is C23H31N3O5. The van der Waals surface area contributed by atoms with Crippen molar-refractivity contribution < 1.29 is 19.2 Å². The average molecular weight is 430 g/mol. The van der Waals surface area contributed by atoms with Crippen molar-refractivity contribution in [1.29, 1.82) is 0 Å². The van der Waals surface area contributed by atoms with E-state index in [1.807, 2.05) is 57.0 Å². The Morgan fingerprint density at radius 2 is 1.84 bits per heavy atom. The molecule has 0 aliphatic heterocycles. The molecule has 1 atom stereocenters. The number of hydrogen-bond donors (Lipinski definition) is 1. The topological polar surface area (TPSA) is 93.9 Å². The van der Waals surface area contributed by atoms with Crippen LogP contribution in [0.25, 0.3) is 0 Å². The van der Waals surface area contributed by atoms with Crippen molar-refractivity contribution in [1.82, 2.24) is 10.2 Å². The van der Waals surface area contributed by atoms with E-state index in [1.54, 1.807) is 12.1 Å². The zero-order chi connectivity index (χ0) is 22.8. The molecule has 31 heavy (non-hydrogen) atoms. The summed E-state index contributed by atoms with van der Waals surface area (Å²) in [4.78, 5) is 24.8. The number of amides is 1. The van der Waals surface area contributed by atoms with Gasteiger partial charge in [0.1, 0.15) is 0 Å². The second-order valence-electron chi connectivity index (χ2n) is 7.19. The van der Waals surface area contributed by atoms with Crippen LogP contribution in [0.3, 0.4) is 0 Å². The summed E-state index contributed by atoms with van der Waals surface area (Å²) in [5.41, 5.74) is 1.89. The van der Waals surface area contributed by atoms with Crippen LogP contribution in [0.2, 0.25) is 0 Å². The summed E-state index contributed by atoms with van der Waals surface area (Å²) in [5.74, 6) is 1.32. The Bertz CT molecular complexity index is 887. The lowest BCUT2D eigenvalue weighted by Crippen LogP contribution is -2.37. The van der Waals surface area contributed by atoms with Crippen LogP contribution in [-0.4, -0.2) is 49.1 Å². The maximum atomic E-state index is 12.4. The molecule has 0 bridgehead atoms. The minimum Gasteiger partial charge on any atom is -0.490 e. The van der Waals surface area contributed by atoms with Crippen LogP contribution in [0.4, 0.5) is 5.69 Å². The number of ether oxygens (including phenoxy) is 2. The average Bonchev–Trinajstić information content (AvgIpc) is 2.75. The number of nitrogens with one attached hydrogen (secondary N) is 1. The van der Waals surface area contributed by atoms with E-state index in [-0.39, 0.29) is 24.2 Å². The van der Waals surface area contributed by atoms with Crippen LogP contribution in [0, 0.1) is 10.1 Å². The minimum atomic E-state index is -0.416. The molecule has 0 saturated heterocycles. The van der Waals surface area contributed by atoms with E-state index < -0.39 is 4.92 Å². The van der Waals surface area contributed by atoms with Crippen LogP contribution in [0.1, 0.15) is 37.9 Å². The van der Waals surface area contributed by atoms with Gasteiger partial charge in [-0.05, 0) is 57.5 Å². The summed E-state index contributed by atoms with van der Waals surface area (Å²) in [6, 6.07) is 12.2. The van der Waals surface area contributed by atoms with Gasteiger partial charge in [0.2, 0.25) is 5.91 Å². The van der Waals surface area contributed by atoms with Gasteiger partial charge in [-0.25, -0.2) is 0 Å². The predicted octanol–water partition coefficient (Wildman–Crippen LogP) is 3.74. The van der Waals surface area contributed by atoms with Gasteiger partial charge >= 0.3 is 0 Å². The number of carbonyl (C=O) groups excluding carboxylic acids is 1. The normalized spacial score (nSPS) is 11.8. The maximum Gasteiger partial charge on any atom is 0.269 e. The van der Waals surface area contributed by atoms with E-state index in [0.29, 0.717) is 37.7 Å². The molecule has 0 aromatic heterocycles. The van der Waals surface area contributed by atoms with E-state index in [0.717, 1.165) is 11.1 Å². The summed E-state index contributed by atoms with van der Waals surface area (Å²) in [5, 5.41) is 13.9. The van der Waals surface area contributed by atoms with Crippen LogP contribution >= 0.6 is 0 Å². The largest absolute Gasteiger partial charge is 0.490 e. The molecule has 0 saturated carbocycles. The van der Waals surface area contributed by atoms with E-state index in [9.17, 15) is 14.9 Å². The molecule has 2 rings (SSSR count). The van der Waals surface area contributed by atoms with Crippen LogP contribution in [0.15, 0.2) is 42.5 Å². The number of carbonyl (C=O) groups is 1. The third kappa shape index (κ3) is 7.25. The summed E-state index contributed by atoms with van der Waals surface area (Å²) >= 11 is 0. The fraction of sp³-hybridized carbons (Fsp3) is 0.435. The van der Waals surface area contributed by atoms with Gasteiger partial charge < -0.3 is 14.8 Å². The Hall–Kier alpha value is -3.13. The number of nitro benzene ring substituents is 1.